The fraction of sp³-hybridized carbons (Fsp3) is 0.833. The van der Waals surface area contributed by atoms with E-state index in [-0.39, 0.29) is 0 Å². The predicted molar refractivity (Wildman–Crippen MR) is 58.3 cm³/mol. The van der Waals surface area contributed by atoms with Crippen LogP contribution in [0.3, 0.4) is 0 Å². The van der Waals surface area contributed by atoms with Gasteiger partial charge >= 0.3 is 0 Å². The molecule has 2 saturated heterocycles. The third-order valence-electron chi connectivity index (χ3n) is 3.31. The van der Waals surface area contributed by atoms with Crippen molar-refractivity contribution in [2.75, 3.05) is 19.8 Å². The second-order valence-corrected chi connectivity index (χ2v) is 4.60. The molecule has 2 aliphatic heterocycles. The van der Waals surface area contributed by atoms with Gasteiger partial charge in [0.15, 0.2) is 0 Å². The molecule has 2 nitrogen and oxygen atoms in total. The van der Waals surface area contributed by atoms with Crippen LogP contribution in [0, 0.1) is 5.92 Å². The molecule has 0 aromatic rings. The van der Waals surface area contributed by atoms with Crippen molar-refractivity contribution < 1.29 is 4.74 Å². The Bertz CT molecular complexity index is 196. The van der Waals surface area contributed by atoms with Crippen LogP contribution in [-0.4, -0.2) is 25.8 Å². The number of nitrogens with one attached hydrogen (secondary N) is 1. The van der Waals surface area contributed by atoms with E-state index >= 15 is 0 Å². The van der Waals surface area contributed by atoms with Gasteiger partial charge in [0, 0.05) is 25.8 Å². The van der Waals surface area contributed by atoms with Crippen molar-refractivity contribution in [1.82, 2.24) is 5.32 Å². The third kappa shape index (κ3) is 2.82. The Balaban J connectivity index is 1.83. The highest BCUT2D eigenvalue weighted by Gasteiger charge is 2.15. The summed E-state index contributed by atoms with van der Waals surface area (Å²) in [6, 6.07) is 0.710. The van der Waals surface area contributed by atoms with Gasteiger partial charge < -0.3 is 10.1 Å². The van der Waals surface area contributed by atoms with Crippen LogP contribution in [0.1, 0.15) is 32.6 Å². The summed E-state index contributed by atoms with van der Waals surface area (Å²) >= 11 is 0. The van der Waals surface area contributed by atoms with E-state index in [4.69, 9.17) is 4.74 Å². The molecule has 1 unspecified atom stereocenters. The third-order valence-corrected chi connectivity index (χ3v) is 3.31. The van der Waals surface area contributed by atoms with E-state index in [0.29, 0.717) is 6.04 Å². The molecule has 0 aromatic carbocycles. The highest BCUT2D eigenvalue weighted by molar-refractivity contribution is 5.09. The molecule has 2 rings (SSSR count). The second-order valence-electron chi connectivity index (χ2n) is 4.60. The fourth-order valence-corrected chi connectivity index (χ4v) is 2.26. The Morgan fingerprint density at radius 3 is 2.71 bits per heavy atom. The number of rotatable bonds is 1. The first-order chi connectivity index (χ1) is 6.84. The monoisotopic (exact) mass is 195 g/mol. The summed E-state index contributed by atoms with van der Waals surface area (Å²) < 4.78 is 5.36. The molecule has 0 spiro atoms. The summed E-state index contributed by atoms with van der Waals surface area (Å²) in [4.78, 5) is 0. The number of allylic oxidation sites excluding steroid dienone is 1. The molecule has 0 amide bonds. The van der Waals surface area contributed by atoms with E-state index in [1.54, 1.807) is 5.57 Å². The van der Waals surface area contributed by atoms with E-state index in [2.05, 4.69) is 18.3 Å². The number of piperidine rings is 1. The van der Waals surface area contributed by atoms with Crippen LogP contribution >= 0.6 is 0 Å². The molecule has 0 aliphatic carbocycles. The van der Waals surface area contributed by atoms with Crippen LogP contribution < -0.4 is 5.32 Å². The van der Waals surface area contributed by atoms with Crippen LogP contribution in [0.15, 0.2) is 11.6 Å². The van der Waals surface area contributed by atoms with Gasteiger partial charge in [-0.1, -0.05) is 11.6 Å². The van der Waals surface area contributed by atoms with Crippen molar-refractivity contribution in [2.24, 2.45) is 5.92 Å². The first-order valence-corrected chi connectivity index (χ1v) is 5.85. The molecule has 0 saturated carbocycles. The highest BCUT2D eigenvalue weighted by atomic mass is 16.5. The summed E-state index contributed by atoms with van der Waals surface area (Å²) in [7, 11) is 0. The Kier molecular flexibility index (Phi) is 3.60. The summed E-state index contributed by atoms with van der Waals surface area (Å²) in [6.45, 7) is 5.29. The standard InChI is InChI=1S/C12H21NO/c1-10-2-3-12(9-13-10)8-11-4-6-14-7-5-11/h8,10-11,13H,2-7,9H2,1H3/b12-8-. The molecule has 0 aromatic heterocycles. The zero-order valence-corrected chi connectivity index (χ0v) is 9.09. The molecule has 2 heteroatoms. The maximum Gasteiger partial charge on any atom is 0.0471 e. The van der Waals surface area contributed by atoms with Crippen LogP contribution in [-0.2, 0) is 4.74 Å². The molecular formula is C12H21NO. The minimum atomic E-state index is 0.710. The first-order valence-electron chi connectivity index (χ1n) is 5.85. The second kappa shape index (κ2) is 4.94. The zero-order chi connectivity index (χ0) is 9.80. The summed E-state index contributed by atoms with van der Waals surface area (Å²) in [5, 5.41) is 3.52. The lowest BCUT2D eigenvalue weighted by Crippen LogP contribution is -2.33. The largest absolute Gasteiger partial charge is 0.381 e. The predicted octanol–water partition coefficient (Wildman–Crippen LogP) is 2.11. The Morgan fingerprint density at radius 1 is 1.29 bits per heavy atom. The number of hydrogen-bond acceptors (Lipinski definition) is 2. The van der Waals surface area contributed by atoms with Gasteiger partial charge in [-0.25, -0.2) is 0 Å². The Morgan fingerprint density at radius 2 is 2.07 bits per heavy atom. The first kappa shape index (κ1) is 10.2. The highest BCUT2D eigenvalue weighted by Crippen LogP contribution is 2.21. The topological polar surface area (TPSA) is 21.3 Å². The average Bonchev–Trinajstić information content (AvgIpc) is 2.23. The maximum atomic E-state index is 5.36. The van der Waals surface area contributed by atoms with E-state index in [1.165, 1.54) is 25.7 Å². The lowest BCUT2D eigenvalue weighted by molar-refractivity contribution is 0.0782. The normalized spacial score (nSPS) is 33.5. The van der Waals surface area contributed by atoms with Gasteiger partial charge in [-0.3, -0.25) is 0 Å². The molecule has 0 radical (unpaired) electrons. The van der Waals surface area contributed by atoms with Gasteiger partial charge in [0.1, 0.15) is 0 Å². The molecule has 1 atom stereocenters. The van der Waals surface area contributed by atoms with Gasteiger partial charge in [0.2, 0.25) is 0 Å². The van der Waals surface area contributed by atoms with Gasteiger partial charge in [-0.05, 0) is 38.5 Å². The van der Waals surface area contributed by atoms with Crippen LogP contribution in [0.25, 0.3) is 0 Å². The average molecular weight is 195 g/mol. The van der Waals surface area contributed by atoms with E-state index in [1.807, 2.05) is 0 Å². The summed E-state index contributed by atoms with van der Waals surface area (Å²) in [5.74, 6) is 0.786. The molecule has 2 heterocycles. The summed E-state index contributed by atoms with van der Waals surface area (Å²) in [6.07, 6.45) is 7.54. The Hall–Kier alpha value is -0.340. The van der Waals surface area contributed by atoms with Gasteiger partial charge in [-0.15, -0.1) is 0 Å². The fourth-order valence-electron chi connectivity index (χ4n) is 2.26. The molecule has 2 fully saturated rings. The van der Waals surface area contributed by atoms with E-state index in [0.717, 1.165) is 25.7 Å². The van der Waals surface area contributed by atoms with Crippen molar-refractivity contribution in [3.05, 3.63) is 11.6 Å². The summed E-state index contributed by atoms with van der Waals surface area (Å²) in [5.41, 5.74) is 1.62. The zero-order valence-electron chi connectivity index (χ0n) is 9.09. The van der Waals surface area contributed by atoms with Gasteiger partial charge in [-0.2, -0.15) is 0 Å². The van der Waals surface area contributed by atoms with Crippen LogP contribution in [0.4, 0.5) is 0 Å². The van der Waals surface area contributed by atoms with Crippen molar-refractivity contribution in [3.63, 3.8) is 0 Å². The van der Waals surface area contributed by atoms with Crippen molar-refractivity contribution in [2.45, 2.75) is 38.6 Å². The molecular weight excluding hydrogens is 174 g/mol. The van der Waals surface area contributed by atoms with Crippen molar-refractivity contribution in [1.29, 1.82) is 0 Å². The number of hydrogen-bond donors (Lipinski definition) is 1. The minimum absolute atomic E-state index is 0.710. The number of ether oxygens (including phenoxy) is 1. The SMILES string of the molecule is CC1CC/C(=C/C2CCOCC2)CN1. The molecule has 1 N–H and O–H groups in total. The smallest absolute Gasteiger partial charge is 0.0471 e. The Labute approximate surface area is 86.7 Å². The molecule has 14 heavy (non-hydrogen) atoms. The lowest BCUT2D eigenvalue weighted by Gasteiger charge is -2.25. The molecule has 2 aliphatic rings. The minimum Gasteiger partial charge on any atom is -0.381 e. The van der Waals surface area contributed by atoms with Crippen LogP contribution in [0.2, 0.25) is 0 Å². The van der Waals surface area contributed by atoms with Crippen LogP contribution in [0.5, 0.6) is 0 Å². The molecule has 80 valence electrons. The van der Waals surface area contributed by atoms with Gasteiger partial charge in [0.25, 0.3) is 0 Å². The lowest BCUT2D eigenvalue weighted by atomic mass is 9.93. The van der Waals surface area contributed by atoms with E-state index < -0.39 is 0 Å². The van der Waals surface area contributed by atoms with Crippen molar-refractivity contribution >= 4 is 0 Å². The quantitative estimate of drug-likeness (QED) is 0.647. The maximum absolute atomic E-state index is 5.36. The van der Waals surface area contributed by atoms with Crippen molar-refractivity contribution in [3.8, 4) is 0 Å². The molecule has 0 bridgehead atoms. The van der Waals surface area contributed by atoms with Gasteiger partial charge in [0.05, 0.1) is 0 Å². The van der Waals surface area contributed by atoms with E-state index in [9.17, 15) is 0 Å².